The van der Waals surface area contributed by atoms with Crippen LogP contribution in [0, 0.1) is 0 Å². The van der Waals surface area contributed by atoms with E-state index in [1.54, 1.807) is 7.11 Å². The van der Waals surface area contributed by atoms with Crippen molar-refractivity contribution in [2.45, 2.75) is 0 Å². The summed E-state index contributed by atoms with van der Waals surface area (Å²) in [6, 6.07) is 13.6. The first-order valence-electron chi connectivity index (χ1n) is 6.05. The van der Waals surface area contributed by atoms with E-state index in [9.17, 15) is 0 Å². The number of nitrogens with two attached hydrogens (primary N) is 1. The van der Waals surface area contributed by atoms with Gasteiger partial charge in [0.1, 0.15) is 11.6 Å². The van der Waals surface area contributed by atoms with Crippen molar-refractivity contribution in [2.24, 2.45) is 7.05 Å². The van der Waals surface area contributed by atoms with Crippen molar-refractivity contribution in [2.75, 3.05) is 12.8 Å². The average molecular weight is 253 g/mol. The van der Waals surface area contributed by atoms with Crippen LogP contribution in [0.15, 0.2) is 42.5 Å². The van der Waals surface area contributed by atoms with Gasteiger partial charge >= 0.3 is 0 Å². The van der Waals surface area contributed by atoms with Gasteiger partial charge in [-0.3, -0.25) is 0 Å². The molecule has 0 spiro atoms. The van der Waals surface area contributed by atoms with E-state index in [-0.39, 0.29) is 0 Å². The summed E-state index contributed by atoms with van der Waals surface area (Å²) in [5.41, 5.74) is 9.60. The van der Waals surface area contributed by atoms with Gasteiger partial charge in [-0.25, -0.2) is 4.98 Å². The lowest BCUT2D eigenvalue weighted by Crippen LogP contribution is -1.93. The van der Waals surface area contributed by atoms with Gasteiger partial charge in [-0.2, -0.15) is 0 Å². The number of hydrogen-bond acceptors (Lipinski definition) is 3. The molecule has 0 bridgehead atoms. The van der Waals surface area contributed by atoms with Crippen molar-refractivity contribution >= 4 is 16.7 Å². The molecule has 0 saturated heterocycles. The second-order valence-corrected chi connectivity index (χ2v) is 4.47. The Morgan fingerprint density at radius 1 is 1.11 bits per heavy atom. The molecule has 0 atom stereocenters. The molecule has 96 valence electrons. The van der Waals surface area contributed by atoms with Crippen LogP contribution in [-0.2, 0) is 7.05 Å². The molecule has 0 radical (unpaired) electrons. The Labute approximate surface area is 111 Å². The minimum Gasteiger partial charge on any atom is -0.497 e. The molecule has 1 heterocycles. The lowest BCUT2D eigenvalue weighted by atomic mass is 10.2. The molecular formula is C15H15N3O. The predicted molar refractivity (Wildman–Crippen MR) is 77.1 cm³/mol. The lowest BCUT2D eigenvalue weighted by Gasteiger charge is -2.04. The molecule has 0 unspecified atom stereocenters. The van der Waals surface area contributed by atoms with Crippen molar-refractivity contribution in [1.82, 2.24) is 9.55 Å². The molecule has 4 heteroatoms. The average Bonchev–Trinajstić information content (AvgIpc) is 2.76. The molecule has 3 rings (SSSR count). The van der Waals surface area contributed by atoms with Crippen LogP contribution in [-0.4, -0.2) is 16.7 Å². The molecule has 0 amide bonds. The van der Waals surface area contributed by atoms with E-state index in [2.05, 4.69) is 4.98 Å². The van der Waals surface area contributed by atoms with E-state index >= 15 is 0 Å². The third kappa shape index (κ3) is 1.91. The highest BCUT2D eigenvalue weighted by Gasteiger charge is 2.09. The smallest absolute Gasteiger partial charge is 0.140 e. The van der Waals surface area contributed by atoms with Crippen LogP contribution >= 0.6 is 0 Å². The summed E-state index contributed by atoms with van der Waals surface area (Å²) in [4.78, 5) is 4.65. The normalized spacial score (nSPS) is 10.8. The molecule has 4 nitrogen and oxygen atoms in total. The number of aryl methyl sites for hydroxylation is 1. The molecule has 0 saturated carbocycles. The van der Waals surface area contributed by atoms with Gasteiger partial charge in [-0.05, 0) is 42.5 Å². The number of rotatable bonds is 2. The minimum atomic E-state index is 0.747. The Kier molecular flexibility index (Phi) is 2.63. The molecular weight excluding hydrogens is 238 g/mol. The molecule has 0 aliphatic rings. The Balaban J connectivity index is 2.16. The van der Waals surface area contributed by atoms with Crippen LogP contribution in [0.3, 0.4) is 0 Å². The number of ether oxygens (including phenoxy) is 1. The molecule has 3 aromatic rings. The van der Waals surface area contributed by atoms with Gasteiger partial charge < -0.3 is 15.0 Å². The van der Waals surface area contributed by atoms with Gasteiger partial charge in [-0.15, -0.1) is 0 Å². The topological polar surface area (TPSA) is 53.1 Å². The highest BCUT2D eigenvalue weighted by molar-refractivity contribution is 5.83. The van der Waals surface area contributed by atoms with E-state index in [0.29, 0.717) is 0 Å². The maximum absolute atomic E-state index is 5.82. The number of aromatic nitrogens is 2. The van der Waals surface area contributed by atoms with Crippen LogP contribution in [0.25, 0.3) is 22.4 Å². The highest BCUT2D eigenvalue weighted by atomic mass is 16.5. The summed E-state index contributed by atoms with van der Waals surface area (Å²) in [6.07, 6.45) is 0. The van der Waals surface area contributed by atoms with Gasteiger partial charge in [0, 0.05) is 18.3 Å². The quantitative estimate of drug-likeness (QED) is 0.714. The van der Waals surface area contributed by atoms with E-state index < -0.39 is 0 Å². The molecule has 0 aliphatic carbocycles. The summed E-state index contributed by atoms with van der Waals surface area (Å²) >= 11 is 0. The lowest BCUT2D eigenvalue weighted by molar-refractivity contribution is 0.415. The number of benzene rings is 2. The Bertz CT molecular complexity index is 729. The van der Waals surface area contributed by atoms with Crippen molar-refractivity contribution in [3.8, 4) is 17.1 Å². The van der Waals surface area contributed by atoms with E-state index in [4.69, 9.17) is 10.5 Å². The maximum Gasteiger partial charge on any atom is 0.140 e. The molecule has 2 aromatic carbocycles. The third-order valence-electron chi connectivity index (χ3n) is 3.25. The zero-order valence-electron chi connectivity index (χ0n) is 10.9. The number of nitrogens with zero attached hydrogens (tertiary/aromatic N) is 2. The van der Waals surface area contributed by atoms with Gasteiger partial charge in [0.2, 0.25) is 0 Å². The van der Waals surface area contributed by atoms with Gasteiger partial charge in [0.05, 0.1) is 18.1 Å². The Hall–Kier alpha value is -2.49. The van der Waals surface area contributed by atoms with Crippen LogP contribution in [0.2, 0.25) is 0 Å². The highest BCUT2D eigenvalue weighted by Crippen LogP contribution is 2.26. The summed E-state index contributed by atoms with van der Waals surface area (Å²) in [6.45, 7) is 0. The fourth-order valence-corrected chi connectivity index (χ4v) is 2.21. The Morgan fingerprint density at radius 3 is 2.53 bits per heavy atom. The zero-order chi connectivity index (χ0) is 13.4. The zero-order valence-corrected chi connectivity index (χ0v) is 10.9. The van der Waals surface area contributed by atoms with Crippen LogP contribution in [0.4, 0.5) is 5.69 Å². The molecule has 0 aliphatic heterocycles. The van der Waals surface area contributed by atoms with Crippen molar-refractivity contribution in [1.29, 1.82) is 0 Å². The standard InChI is InChI=1S/C15H15N3O/c1-18-14-9-11(16)5-8-13(14)17-15(18)10-3-6-12(19-2)7-4-10/h3-9H,16H2,1-2H3. The molecule has 19 heavy (non-hydrogen) atoms. The van der Waals surface area contributed by atoms with E-state index in [1.165, 1.54) is 0 Å². The second-order valence-electron chi connectivity index (χ2n) is 4.47. The number of methoxy groups -OCH3 is 1. The number of nitrogen functional groups attached to an aromatic ring is 1. The molecule has 2 N–H and O–H groups in total. The first-order valence-corrected chi connectivity index (χ1v) is 6.05. The van der Waals surface area contributed by atoms with E-state index in [1.807, 2.05) is 54.1 Å². The third-order valence-corrected chi connectivity index (χ3v) is 3.25. The molecule has 1 aromatic heterocycles. The maximum atomic E-state index is 5.82. The first-order chi connectivity index (χ1) is 9.19. The van der Waals surface area contributed by atoms with Gasteiger partial charge in [0.15, 0.2) is 0 Å². The monoisotopic (exact) mass is 253 g/mol. The van der Waals surface area contributed by atoms with Crippen LogP contribution < -0.4 is 10.5 Å². The second kappa shape index (κ2) is 4.31. The van der Waals surface area contributed by atoms with Gasteiger partial charge in [-0.1, -0.05) is 0 Å². The van der Waals surface area contributed by atoms with Crippen molar-refractivity contribution in [3.05, 3.63) is 42.5 Å². The van der Waals surface area contributed by atoms with E-state index in [0.717, 1.165) is 33.9 Å². The first kappa shape index (κ1) is 11.6. The van der Waals surface area contributed by atoms with Crippen molar-refractivity contribution < 1.29 is 4.74 Å². The van der Waals surface area contributed by atoms with Crippen LogP contribution in [0.5, 0.6) is 5.75 Å². The summed E-state index contributed by atoms with van der Waals surface area (Å²) in [5, 5.41) is 0. The summed E-state index contributed by atoms with van der Waals surface area (Å²) in [7, 11) is 3.65. The van der Waals surface area contributed by atoms with Crippen LogP contribution in [0.1, 0.15) is 0 Å². The number of anilines is 1. The fourth-order valence-electron chi connectivity index (χ4n) is 2.21. The SMILES string of the molecule is COc1ccc(-c2nc3ccc(N)cc3n2C)cc1. The Morgan fingerprint density at radius 2 is 1.84 bits per heavy atom. The number of hydrogen-bond donors (Lipinski definition) is 1. The molecule has 0 fully saturated rings. The van der Waals surface area contributed by atoms with Crippen molar-refractivity contribution in [3.63, 3.8) is 0 Å². The fraction of sp³-hybridized carbons (Fsp3) is 0.133. The summed E-state index contributed by atoms with van der Waals surface area (Å²) in [5.74, 6) is 1.76. The largest absolute Gasteiger partial charge is 0.497 e. The predicted octanol–water partition coefficient (Wildman–Crippen LogP) is 2.83. The van der Waals surface area contributed by atoms with Gasteiger partial charge in [0.25, 0.3) is 0 Å². The summed E-state index contributed by atoms with van der Waals surface area (Å²) < 4.78 is 7.22. The number of fused-ring (bicyclic) bond motifs is 1. The number of imidazole rings is 1. The minimum absolute atomic E-state index is 0.747.